The standard InChI is InChI=1S/C11H17BrN2O4S/c1-13-7-9-6-10(11(12)18-9)19(15,16)14-8-2-4-17-5-3-8/h6,8,13-14H,2-5,7H2,1H3. The van der Waals surface area contributed by atoms with Crippen molar-refractivity contribution in [2.45, 2.75) is 30.3 Å². The van der Waals surface area contributed by atoms with Crippen LogP contribution in [0.15, 0.2) is 20.0 Å². The monoisotopic (exact) mass is 352 g/mol. The predicted octanol–water partition coefficient (Wildman–Crippen LogP) is 1.22. The summed E-state index contributed by atoms with van der Waals surface area (Å²) in [4.78, 5) is 0.143. The van der Waals surface area contributed by atoms with Gasteiger partial charge in [0.2, 0.25) is 10.0 Å². The van der Waals surface area contributed by atoms with Crippen LogP contribution in [-0.2, 0) is 21.3 Å². The van der Waals surface area contributed by atoms with Crippen LogP contribution in [0, 0.1) is 0 Å². The summed E-state index contributed by atoms with van der Waals surface area (Å²) in [6.45, 7) is 1.65. The quantitative estimate of drug-likeness (QED) is 0.832. The summed E-state index contributed by atoms with van der Waals surface area (Å²) in [7, 11) is -1.79. The van der Waals surface area contributed by atoms with E-state index in [-0.39, 0.29) is 15.6 Å². The first-order valence-corrected chi connectivity index (χ1v) is 8.33. The summed E-state index contributed by atoms with van der Waals surface area (Å²) >= 11 is 3.15. The molecule has 1 aliphatic rings. The first-order chi connectivity index (χ1) is 9.03. The van der Waals surface area contributed by atoms with Gasteiger partial charge in [-0.05, 0) is 35.8 Å². The van der Waals surface area contributed by atoms with Crippen LogP contribution < -0.4 is 10.0 Å². The van der Waals surface area contributed by atoms with Crippen LogP contribution in [0.1, 0.15) is 18.6 Å². The van der Waals surface area contributed by atoms with E-state index in [1.165, 1.54) is 6.07 Å². The largest absolute Gasteiger partial charge is 0.452 e. The Kier molecular flexibility index (Phi) is 5.02. The van der Waals surface area contributed by atoms with Gasteiger partial charge in [-0.15, -0.1) is 0 Å². The summed E-state index contributed by atoms with van der Waals surface area (Å²) in [5.74, 6) is 0.571. The van der Waals surface area contributed by atoms with Crippen LogP contribution in [0.3, 0.4) is 0 Å². The molecule has 1 aliphatic heterocycles. The highest BCUT2D eigenvalue weighted by Gasteiger charge is 2.26. The summed E-state index contributed by atoms with van der Waals surface area (Å²) in [6, 6.07) is 1.45. The number of ether oxygens (including phenoxy) is 1. The van der Waals surface area contributed by atoms with Gasteiger partial charge >= 0.3 is 0 Å². The molecule has 0 amide bonds. The van der Waals surface area contributed by atoms with Crippen molar-refractivity contribution in [2.24, 2.45) is 0 Å². The maximum absolute atomic E-state index is 12.3. The normalized spacial score (nSPS) is 17.8. The Bertz CT molecular complexity index is 523. The molecule has 0 radical (unpaired) electrons. The molecular weight excluding hydrogens is 336 g/mol. The zero-order valence-corrected chi connectivity index (χ0v) is 13.0. The van der Waals surface area contributed by atoms with Gasteiger partial charge in [0.25, 0.3) is 0 Å². The third-order valence-corrected chi connectivity index (χ3v) is 5.27. The van der Waals surface area contributed by atoms with Crippen molar-refractivity contribution in [3.05, 3.63) is 16.5 Å². The number of furan rings is 1. The van der Waals surface area contributed by atoms with Crippen molar-refractivity contribution in [3.63, 3.8) is 0 Å². The first-order valence-electron chi connectivity index (χ1n) is 6.06. The van der Waals surface area contributed by atoms with Crippen molar-refractivity contribution >= 4 is 26.0 Å². The third-order valence-electron chi connectivity index (χ3n) is 2.89. The van der Waals surface area contributed by atoms with Crippen LogP contribution in [-0.4, -0.2) is 34.7 Å². The van der Waals surface area contributed by atoms with Crippen molar-refractivity contribution in [1.29, 1.82) is 0 Å². The molecule has 1 aromatic heterocycles. The number of hydrogen-bond donors (Lipinski definition) is 2. The van der Waals surface area contributed by atoms with Crippen molar-refractivity contribution < 1.29 is 17.6 Å². The maximum atomic E-state index is 12.3. The van der Waals surface area contributed by atoms with Gasteiger partial charge in [-0.2, -0.15) is 0 Å². The number of hydrogen-bond acceptors (Lipinski definition) is 5. The predicted molar refractivity (Wildman–Crippen MR) is 73.3 cm³/mol. The Morgan fingerprint density at radius 1 is 1.42 bits per heavy atom. The first kappa shape index (κ1) is 15.0. The van der Waals surface area contributed by atoms with E-state index in [0.717, 1.165) is 0 Å². The Morgan fingerprint density at radius 3 is 2.74 bits per heavy atom. The van der Waals surface area contributed by atoms with Gasteiger partial charge in [-0.3, -0.25) is 0 Å². The Morgan fingerprint density at radius 2 is 2.11 bits per heavy atom. The molecule has 2 heterocycles. The van der Waals surface area contributed by atoms with Crippen LogP contribution >= 0.6 is 15.9 Å². The zero-order valence-electron chi connectivity index (χ0n) is 10.6. The van der Waals surface area contributed by atoms with E-state index in [4.69, 9.17) is 9.15 Å². The number of sulfonamides is 1. The van der Waals surface area contributed by atoms with Crippen LogP contribution in [0.4, 0.5) is 0 Å². The lowest BCUT2D eigenvalue weighted by atomic mass is 10.1. The molecule has 0 bridgehead atoms. The second-order valence-corrected chi connectivity index (χ2v) is 6.79. The van der Waals surface area contributed by atoms with E-state index in [2.05, 4.69) is 26.0 Å². The molecule has 0 aromatic carbocycles. The fourth-order valence-corrected chi connectivity index (χ4v) is 4.24. The lowest BCUT2D eigenvalue weighted by Crippen LogP contribution is -2.38. The molecule has 19 heavy (non-hydrogen) atoms. The molecule has 0 saturated carbocycles. The van der Waals surface area contributed by atoms with Gasteiger partial charge in [0.05, 0.1) is 6.54 Å². The van der Waals surface area contributed by atoms with E-state index < -0.39 is 10.0 Å². The molecule has 6 nitrogen and oxygen atoms in total. The second-order valence-electron chi connectivity index (χ2n) is 4.39. The van der Waals surface area contributed by atoms with Crippen molar-refractivity contribution in [3.8, 4) is 0 Å². The molecule has 8 heteroatoms. The minimum absolute atomic E-state index is 0.0756. The lowest BCUT2D eigenvalue weighted by Gasteiger charge is -2.22. The Hall–Kier alpha value is -0.410. The minimum Gasteiger partial charge on any atom is -0.452 e. The SMILES string of the molecule is CNCc1cc(S(=O)(=O)NC2CCOCC2)c(Br)o1. The highest BCUT2D eigenvalue weighted by Crippen LogP contribution is 2.26. The average Bonchev–Trinajstić information content (AvgIpc) is 2.72. The molecule has 1 aromatic rings. The molecule has 1 fully saturated rings. The summed E-state index contributed by atoms with van der Waals surface area (Å²) in [5, 5.41) is 2.91. The highest BCUT2D eigenvalue weighted by molar-refractivity contribution is 9.10. The topological polar surface area (TPSA) is 80.6 Å². The summed E-state index contributed by atoms with van der Waals surface area (Å²) < 4.78 is 38.0. The molecule has 0 atom stereocenters. The average molecular weight is 353 g/mol. The second kappa shape index (κ2) is 6.36. The molecule has 2 N–H and O–H groups in total. The van der Waals surface area contributed by atoms with E-state index in [9.17, 15) is 8.42 Å². The smallest absolute Gasteiger partial charge is 0.245 e. The van der Waals surface area contributed by atoms with Crippen LogP contribution in [0.2, 0.25) is 0 Å². The van der Waals surface area contributed by atoms with Gasteiger partial charge in [-0.1, -0.05) is 0 Å². The molecule has 0 aliphatic carbocycles. The van der Waals surface area contributed by atoms with Gasteiger partial charge in [0.15, 0.2) is 4.67 Å². The van der Waals surface area contributed by atoms with E-state index >= 15 is 0 Å². The molecule has 0 unspecified atom stereocenters. The summed E-state index contributed by atoms with van der Waals surface area (Å²) in [5.41, 5.74) is 0. The fraction of sp³-hybridized carbons (Fsp3) is 0.636. The van der Waals surface area contributed by atoms with Gasteiger partial charge in [0.1, 0.15) is 10.7 Å². The molecular formula is C11H17BrN2O4S. The Labute approximate surface area is 121 Å². The van der Waals surface area contributed by atoms with Gasteiger partial charge < -0.3 is 14.5 Å². The Balaban J connectivity index is 2.14. The van der Waals surface area contributed by atoms with Crippen molar-refractivity contribution in [2.75, 3.05) is 20.3 Å². The fourth-order valence-electron chi connectivity index (χ4n) is 1.94. The zero-order chi connectivity index (χ0) is 13.9. The minimum atomic E-state index is -3.56. The van der Waals surface area contributed by atoms with E-state index in [1.807, 2.05) is 0 Å². The number of nitrogens with one attached hydrogen (secondary N) is 2. The number of rotatable bonds is 5. The highest BCUT2D eigenvalue weighted by atomic mass is 79.9. The molecule has 2 rings (SSSR count). The van der Waals surface area contributed by atoms with Gasteiger partial charge in [-0.25, -0.2) is 13.1 Å². The lowest BCUT2D eigenvalue weighted by molar-refractivity contribution is 0.0832. The molecule has 0 spiro atoms. The van der Waals surface area contributed by atoms with Crippen LogP contribution in [0.25, 0.3) is 0 Å². The molecule has 1 saturated heterocycles. The van der Waals surface area contributed by atoms with Crippen LogP contribution in [0.5, 0.6) is 0 Å². The summed E-state index contributed by atoms with van der Waals surface area (Å²) in [6.07, 6.45) is 1.39. The van der Waals surface area contributed by atoms with Crippen molar-refractivity contribution in [1.82, 2.24) is 10.0 Å². The van der Waals surface area contributed by atoms with E-state index in [0.29, 0.717) is 38.4 Å². The van der Waals surface area contributed by atoms with Gasteiger partial charge in [0, 0.05) is 25.3 Å². The molecule has 108 valence electrons. The third kappa shape index (κ3) is 3.79. The maximum Gasteiger partial charge on any atom is 0.245 e. The number of halogens is 1. The van der Waals surface area contributed by atoms with E-state index in [1.54, 1.807) is 7.05 Å².